The molecular weight excluding hydrogens is 410 g/mol. The summed E-state index contributed by atoms with van der Waals surface area (Å²) >= 11 is 1.60. The Morgan fingerprint density at radius 3 is 2.16 bits per heavy atom. The molecule has 0 amide bonds. The van der Waals surface area contributed by atoms with Crippen LogP contribution >= 0.6 is 11.3 Å². The molecule has 2 aromatic carbocycles. The Labute approximate surface area is 185 Å². The van der Waals surface area contributed by atoms with Gasteiger partial charge in [0.25, 0.3) is 0 Å². The molecule has 0 bridgehead atoms. The van der Waals surface area contributed by atoms with Crippen molar-refractivity contribution in [1.82, 2.24) is 9.97 Å². The van der Waals surface area contributed by atoms with E-state index in [0.717, 1.165) is 32.8 Å². The molecule has 4 rings (SSSR count). The van der Waals surface area contributed by atoms with Gasteiger partial charge in [-0.1, -0.05) is 38.1 Å². The summed E-state index contributed by atoms with van der Waals surface area (Å²) in [7, 11) is 4.78. The third-order valence-electron chi connectivity index (χ3n) is 5.19. The van der Waals surface area contributed by atoms with Gasteiger partial charge in [-0.25, -0.2) is 9.97 Å². The predicted molar refractivity (Wildman–Crippen MR) is 126 cm³/mol. The van der Waals surface area contributed by atoms with Crippen LogP contribution in [0.4, 0.5) is 11.5 Å². The second-order valence-corrected chi connectivity index (χ2v) is 8.23. The molecule has 0 saturated carbocycles. The topological polar surface area (TPSA) is 65.5 Å². The lowest BCUT2D eigenvalue weighted by molar-refractivity contribution is 0.324. The van der Waals surface area contributed by atoms with Crippen LogP contribution in [0, 0.1) is 0 Å². The molecular formula is C24H25N3O3S. The highest BCUT2D eigenvalue weighted by atomic mass is 32.1. The van der Waals surface area contributed by atoms with Crippen LogP contribution in [0.1, 0.15) is 25.3 Å². The van der Waals surface area contributed by atoms with Crippen molar-refractivity contribution in [2.24, 2.45) is 0 Å². The number of nitrogens with one attached hydrogen (secondary N) is 1. The minimum atomic E-state index is 0.494. The molecule has 2 aromatic heterocycles. The van der Waals surface area contributed by atoms with Crippen LogP contribution in [0.25, 0.3) is 21.3 Å². The van der Waals surface area contributed by atoms with Gasteiger partial charge in [0, 0.05) is 28.8 Å². The molecule has 31 heavy (non-hydrogen) atoms. The lowest BCUT2D eigenvalue weighted by Gasteiger charge is -2.15. The summed E-state index contributed by atoms with van der Waals surface area (Å²) in [6, 6.07) is 12.4. The average molecular weight is 436 g/mol. The first-order valence-corrected chi connectivity index (χ1v) is 10.8. The van der Waals surface area contributed by atoms with Gasteiger partial charge in [-0.15, -0.1) is 11.3 Å². The molecule has 7 heteroatoms. The number of hydrogen-bond acceptors (Lipinski definition) is 7. The molecule has 6 nitrogen and oxygen atoms in total. The number of rotatable bonds is 7. The predicted octanol–water partition coefficient (Wildman–Crippen LogP) is 6.25. The molecule has 0 radical (unpaired) electrons. The van der Waals surface area contributed by atoms with Gasteiger partial charge in [-0.05, 0) is 17.0 Å². The maximum absolute atomic E-state index is 5.48. The number of benzene rings is 2. The van der Waals surface area contributed by atoms with Crippen LogP contribution in [0.5, 0.6) is 17.2 Å². The number of ether oxygens (including phenoxy) is 3. The first kappa shape index (κ1) is 20.9. The van der Waals surface area contributed by atoms with Gasteiger partial charge in [0.2, 0.25) is 5.75 Å². The summed E-state index contributed by atoms with van der Waals surface area (Å²) in [5, 5.41) is 6.53. The zero-order valence-electron chi connectivity index (χ0n) is 18.2. The van der Waals surface area contributed by atoms with Gasteiger partial charge in [0.05, 0.1) is 26.7 Å². The largest absolute Gasteiger partial charge is 0.493 e. The van der Waals surface area contributed by atoms with E-state index in [-0.39, 0.29) is 0 Å². The van der Waals surface area contributed by atoms with Crippen LogP contribution in [-0.4, -0.2) is 31.3 Å². The van der Waals surface area contributed by atoms with Crippen LogP contribution in [0.3, 0.4) is 0 Å². The molecule has 160 valence electrons. The van der Waals surface area contributed by atoms with Crippen molar-refractivity contribution in [3.8, 4) is 28.4 Å². The van der Waals surface area contributed by atoms with E-state index >= 15 is 0 Å². The quantitative estimate of drug-likeness (QED) is 0.370. The van der Waals surface area contributed by atoms with Crippen molar-refractivity contribution in [2.75, 3.05) is 26.6 Å². The molecule has 0 aliphatic heterocycles. The van der Waals surface area contributed by atoms with Gasteiger partial charge in [0.1, 0.15) is 17.0 Å². The SMILES string of the molecule is COc1cc(Nc2ncnc3scc(-c4ccc(C(C)C)cc4)c23)cc(OC)c1OC. The maximum Gasteiger partial charge on any atom is 0.203 e. The standard InChI is InChI=1S/C24H25N3O3S/c1-14(2)15-6-8-16(9-7-15)18-12-31-24-21(18)23(25-13-26-24)27-17-10-19(28-3)22(30-5)20(11-17)29-4/h6-14H,1-5H3,(H,25,26,27). The van der Waals surface area contributed by atoms with Crippen molar-refractivity contribution in [1.29, 1.82) is 0 Å². The Bertz CT molecular complexity index is 1180. The maximum atomic E-state index is 5.48. The number of fused-ring (bicyclic) bond motifs is 1. The first-order valence-electron chi connectivity index (χ1n) is 9.95. The van der Waals surface area contributed by atoms with Crippen LogP contribution < -0.4 is 19.5 Å². The van der Waals surface area contributed by atoms with Crippen molar-refractivity contribution in [3.63, 3.8) is 0 Å². The summed E-state index contributed by atoms with van der Waals surface area (Å²) in [5.41, 5.74) is 4.33. The smallest absolute Gasteiger partial charge is 0.203 e. The number of nitrogens with zero attached hydrogens (tertiary/aromatic N) is 2. The van der Waals surface area contributed by atoms with Crippen molar-refractivity contribution >= 4 is 33.1 Å². The molecule has 2 heterocycles. The second-order valence-electron chi connectivity index (χ2n) is 7.37. The van der Waals surface area contributed by atoms with E-state index in [2.05, 4.69) is 58.8 Å². The fraction of sp³-hybridized carbons (Fsp3) is 0.250. The molecule has 0 saturated heterocycles. The number of methoxy groups -OCH3 is 3. The summed E-state index contributed by atoms with van der Waals surface area (Å²) in [5.74, 6) is 2.91. The van der Waals surface area contributed by atoms with E-state index in [1.54, 1.807) is 39.0 Å². The molecule has 0 fully saturated rings. The molecule has 0 atom stereocenters. The van der Waals surface area contributed by atoms with E-state index < -0.39 is 0 Å². The van der Waals surface area contributed by atoms with E-state index in [4.69, 9.17) is 14.2 Å². The summed E-state index contributed by atoms with van der Waals surface area (Å²) in [6.07, 6.45) is 1.57. The molecule has 4 aromatic rings. The van der Waals surface area contributed by atoms with Crippen molar-refractivity contribution < 1.29 is 14.2 Å². The van der Waals surface area contributed by atoms with Gasteiger partial charge in [0.15, 0.2) is 11.5 Å². The van der Waals surface area contributed by atoms with E-state index in [1.807, 2.05) is 12.1 Å². The van der Waals surface area contributed by atoms with Crippen LogP contribution in [-0.2, 0) is 0 Å². The number of anilines is 2. The zero-order chi connectivity index (χ0) is 22.0. The lowest BCUT2D eigenvalue weighted by Crippen LogP contribution is -1.99. The third-order valence-corrected chi connectivity index (χ3v) is 6.07. The fourth-order valence-corrected chi connectivity index (χ4v) is 4.44. The molecule has 1 N–H and O–H groups in total. The average Bonchev–Trinajstić information content (AvgIpc) is 3.23. The number of aromatic nitrogens is 2. The molecule has 0 spiro atoms. The van der Waals surface area contributed by atoms with E-state index in [0.29, 0.717) is 23.2 Å². The van der Waals surface area contributed by atoms with E-state index in [9.17, 15) is 0 Å². The normalized spacial score (nSPS) is 11.0. The zero-order valence-corrected chi connectivity index (χ0v) is 19.0. The minimum absolute atomic E-state index is 0.494. The van der Waals surface area contributed by atoms with Gasteiger partial charge in [-0.3, -0.25) is 0 Å². The fourth-order valence-electron chi connectivity index (χ4n) is 3.52. The van der Waals surface area contributed by atoms with Crippen LogP contribution in [0.15, 0.2) is 48.1 Å². The molecule has 0 aliphatic carbocycles. The highest BCUT2D eigenvalue weighted by Gasteiger charge is 2.17. The van der Waals surface area contributed by atoms with Gasteiger partial charge < -0.3 is 19.5 Å². The monoisotopic (exact) mass is 435 g/mol. The highest BCUT2D eigenvalue weighted by molar-refractivity contribution is 7.17. The summed E-state index contributed by atoms with van der Waals surface area (Å²) < 4.78 is 16.4. The number of thiophene rings is 1. The van der Waals surface area contributed by atoms with Crippen molar-refractivity contribution in [3.05, 3.63) is 53.7 Å². The van der Waals surface area contributed by atoms with Crippen LogP contribution in [0.2, 0.25) is 0 Å². The number of hydrogen-bond donors (Lipinski definition) is 1. The van der Waals surface area contributed by atoms with Gasteiger partial charge >= 0.3 is 0 Å². The minimum Gasteiger partial charge on any atom is -0.493 e. The van der Waals surface area contributed by atoms with Crippen molar-refractivity contribution in [2.45, 2.75) is 19.8 Å². The third kappa shape index (κ3) is 4.01. The lowest BCUT2D eigenvalue weighted by atomic mass is 9.99. The Morgan fingerprint density at radius 1 is 0.903 bits per heavy atom. The van der Waals surface area contributed by atoms with Gasteiger partial charge in [-0.2, -0.15) is 0 Å². The summed E-state index contributed by atoms with van der Waals surface area (Å²) in [6.45, 7) is 4.39. The Balaban J connectivity index is 1.78. The first-order chi connectivity index (χ1) is 15.0. The Kier molecular flexibility index (Phi) is 5.95. The Hall–Kier alpha value is -3.32. The molecule has 0 aliphatic rings. The highest BCUT2D eigenvalue weighted by Crippen LogP contribution is 2.42. The summed E-state index contributed by atoms with van der Waals surface area (Å²) in [4.78, 5) is 9.92. The Morgan fingerprint density at radius 2 is 1.58 bits per heavy atom. The second kappa shape index (κ2) is 8.81. The van der Waals surface area contributed by atoms with E-state index in [1.165, 1.54) is 5.56 Å². The molecule has 0 unspecified atom stereocenters.